The summed E-state index contributed by atoms with van der Waals surface area (Å²) in [7, 11) is 1.38. The molecule has 1 aromatic carbocycles. The Kier molecular flexibility index (Phi) is 3.32. The number of carbonyl (C=O) groups is 1. The maximum absolute atomic E-state index is 11.2. The van der Waals surface area contributed by atoms with Crippen molar-refractivity contribution in [1.82, 2.24) is 0 Å². The summed E-state index contributed by atoms with van der Waals surface area (Å²) in [6.07, 6.45) is 0. The van der Waals surface area contributed by atoms with Crippen molar-refractivity contribution in [2.45, 2.75) is 12.8 Å². The second-order valence-electron chi connectivity index (χ2n) is 2.80. The van der Waals surface area contributed by atoms with Crippen LogP contribution in [-0.4, -0.2) is 13.1 Å². The molecule has 0 aromatic heterocycles. The lowest BCUT2D eigenvalue weighted by Gasteiger charge is -2.08. The van der Waals surface area contributed by atoms with Crippen LogP contribution in [0.25, 0.3) is 0 Å². The molecule has 2 nitrogen and oxygen atoms in total. The number of halogens is 1. The van der Waals surface area contributed by atoms with Gasteiger partial charge in [-0.05, 0) is 24.6 Å². The van der Waals surface area contributed by atoms with Crippen LogP contribution in [0, 0.1) is 0 Å². The summed E-state index contributed by atoms with van der Waals surface area (Å²) in [5.41, 5.74) is 0.874. The van der Waals surface area contributed by atoms with Crippen LogP contribution in [0.1, 0.15) is 18.4 Å². The molecule has 13 heavy (non-hydrogen) atoms. The molecule has 0 saturated heterocycles. The lowest BCUT2D eigenvalue weighted by molar-refractivity contribution is -0.141. The zero-order valence-electron chi connectivity index (χ0n) is 7.58. The first kappa shape index (κ1) is 10.1. The van der Waals surface area contributed by atoms with Gasteiger partial charge in [-0.3, -0.25) is 4.79 Å². The Morgan fingerprint density at radius 3 is 2.77 bits per heavy atom. The minimum absolute atomic E-state index is 0.248. The van der Waals surface area contributed by atoms with Crippen LogP contribution in [0.15, 0.2) is 24.3 Å². The number of rotatable bonds is 2. The van der Waals surface area contributed by atoms with E-state index >= 15 is 0 Å². The van der Waals surface area contributed by atoms with E-state index < -0.39 is 0 Å². The molecule has 3 heteroatoms. The maximum Gasteiger partial charge on any atom is 0.312 e. The zero-order chi connectivity index (χ0) is 9.84. The molecule has 70 valence electrons. The number of carbonyl (C=O) groups excluding carboxylic acids is 1. The average Bonchev–Trinajstić information content (AvgIpc) is 2.15. The van der Waals surface area contributed by atoms with Crippen LogP contribution < -0.4 is 0 Å². The first-order valence-electron chi connectivity index (χ1n) is 3.98. The zero-order valence-corrected chi connectivity index (χ0v) is 8.34. The van der Waals surface area contributed by atoms with Gasteiger partial charge in [-0.1, -0.05) is 23.7 Å². The molecule has 0 spiro atoms. The van der Waals surface area contributed by atoms with Crippen LogP contribution in [0.4, 0.5) is 0 Å². The molecule has 0 heterocycles. The molecule has 0 amide bonds. The summed E-state index contributed by atoms with van der Waals surface area (Å²) in [5.74, 6) is -0.508. The van der Waals surface area contributed by atoms with Crippen molar-refractivity contribution >= 4 is 17.6 Å². The summed E-state index contributed by atoms with van der Waals surface area (Å²) in [5, 5.41) is 0.633. The van der Waals surface area contributed by atoms with E-state index in [2.05, 4.69) is 4.74 Å². The summed E-state index contributed by atoms with van der Waals surface area (Å²) in [6.45, 7) is 1.79. The standard InChI is InChI=1S/C10H11ClO2/c1-7(10(12)13-2)8-4-3-5-9(11)6-8/h3-7H,1-2H3. The van der Waals surface area contributed by atoms with Crippen LogP contribution in [0.2, 0.25) is 5.02 Å². The largest absolute Gasteiger partial charge is 0.469 e. The van der Waals surface area contributed by atoms with Gasteiger partial charge in [0.05, 0.1) is 13.0 Å². The van der Waals surface area contributed by atoms with E-state index in [1.54, 1.807) is 19.1 Å². The fraction of sp³-hybridized carbons (Fsp3) is 0.300. The average molecular weight is 199 g/mol. The van der Waals surface area contributed by atoms with Crippen LogP contribution >= 0.6 is 11.6 Å². The minimum Gasteiger partial charge on any atom is -0.469 e. The smallest absolute Gasteiger partial charge is 0.312 e. The van der Waals surface area contributed by atoms with E-state index in [0.29, 0.717) is 5.02 Å². The van der Waals surface area contributed by atoms with Crippen LogP contribution in [-0.2, 0) is 9.53 Å². The molecule has 1 unspecified atom stereocenters. The van der Waals surface area contributed by atoms with Gasteiger partial charge in [-0.15, -0.1) is 0 Å². The van der Waals surface area contributed by atoms with Gasteiger partial charge >= 0.3 is 5.97 Å². The van der Waals surface area contributed by atoms with Gasteiger partial charge in [0.1, 0.15) is 0 Å². The van der Waals surface area contributed by atoms with Crippen molar-refractivity contribution in [3.8, 4) is 0 Å². The van der Waals surface area contributed by atoms with Crippen LogP contribution in [0.3, 0.4) is 0 Å². The van der Waals surface area contributed by atoms with Gasteiger partial charge in [-0.25, -0.2) is 0 Å². The van der Waals surface area contributed by atoms with Gasteiger partial charge in [0.25, 0.3) is 0 Å². The van der Waals surface area contributed by atoms with Crippen molar-refractivity contribution in [3.63, 3.8) is 0 Å². The monoisotopic (exact) mass is 198 g/mol. The van der Waals surface area contributed by atoms with Crippen molar-refractivity contribution in [2.24, 2.45) is 0 Å². The van der Waals surface area contributed by atoms with Crippen molar-refractivity contribution in [2.75, 3.05) is 7.11 Å². The molecule has 0 fully saturated rings. The molecule has 0 saturated carbocycles. The van der Waals surface area contributed by atoms with Gasteiger partial charge < -0.3 is 4.74 Å². The fourth-order valence-electron chi connectivity index (χ4n) is 1.09. The third-order valence-corrected chi connectivity index (χ3v) is 2.14. The Balaban J connectivity index is 2.88. The molecule has 0 aliphatic carbocycles. The number of hydrogen-bond donors (Lipinski definition) is 0. The lowest BCUT2D eigenvalue weighted by Crippen LogP contribution is -2.10. The molecular formula is C10H11ClO2. The Bertz CT molecular complexity index is 310. The highest BCUT2D eigenvalue weighted by molar-refractivity contribution is 6.30. The van der Waals surface area contributed by atoms with E-state index in [4.69, 9.17) is 11.6 Å². The minimum atomic E-state index is -0.260. The maximum atomic E-state index is 11.2. The lowest BCUT2D eigenvalue weighted by atomic mass is 10.0. The summed E-state index contributed by atoms with van der Waals surface area (Å²) in [6, 6.07) is 7.21. The van der Waals surface area contributed by atoms with E-state index in [9.17, 15) is 4.79 Å². The van der Waals surface area contributed by atoms with E-state index in [1.807, 2.05) is 12.1 Å². The molecule has 0 bridgehead atoms. The summed E-state index contributed by atoms with van der Waals surface area (Å²) < 4.78 is 4.62. The number of hydrogen-bond acceptors (Lipinski definition) is 2. The Morgan fingerprint density at radius 1 is 1.54 bits per heavy atom. The van der Waals surface area contributed by atoms with E-state index in [-0.39, 0.29) is 11.9 Å². The topological polar surface area (TPSA) is 26.3 Å². The quantitative estimate of drug-likeness (QED) is 0.683. The van der Waals surface area contributed by atoms with E-state index in [0.717, 1.165) is 5.56 Å². The van der Waals surface area contributed by atoms with Gasteiger partial charge in [0, 0.05) is 5.02 Å². The second-order valence-corrected chi connectivity index (χ2v) is 3.24. The SMILES string of the molecule is COC(=O)C(C)c1cccc(Cl)c1. The predicted molar refractivity (Wildman–Crippen MR) is 51.9 cm³/mol. The Hall–Kier alpha value is -1.02. The number of methoxy groups -OCH3 is 1. The Morgan fingerprint density at radius 2 is 2.23 bits per heavy atom. The third-order valence-electron chi connectivity index (χ3n) is 1.90. The summed E-state index contributed by atoms with van der Waals surface area (Å²) in [4.78, 5) is 11.2. The highest BCUT2D eigenvalue weighted by Crippen LogP contribution is 2.19. The third kappa shape index (κ3) is 2.46. The molecule has 1 aromatic rings. The van der Waals surface area contributed by atoms with Crippen molar-refractivity contribution in [3.05, 3.63) is 34.9 Å². The normalized spacial score (nSPS) is 12.2. The molecular weight excluding hydrogens is 188 g/mol. The highest BCUT2D eigenvalue weighted by Gasteiger charge is 2.15. The number of ether oxygens (including phenoxy) is 1. The molecule has 0 radical (unpaired) electrons. The second kappa shape index (κ2) is 4.28. The molecule has 0 N–H and O–H groups in total. The summed E-state index contributed by atoms with van der Waals surface area (Å²) >= 11 is 5.78. The van der Waals surface area contributed by atoms with Gasteiger partial charge in [0.15, 0.2) is 0 Å². The first-order valence-corrected chi connectivity index (χ1v) is 4.36. The number of benzene rings is 1. The van der Waals surface area contributed by atoms with E-state index in [1.165, 1.54) is 7.11 Å². The van der Waals surface area contributed by atoms with Crippen molar-refractivity contribution in [1.29, 1.82) is 0 Å². The Labute approximate surface area is 82.5 Å². The molecule has 1 atom stereocenters. The molecule has 0 aliphatic rings. The van der Waals surface area contributed by atoms with Crippen LogP contribution in [0.5, 0.6) is 0 Å². The first-order chi connectivity index (χ1) is 6.15. The van der Waals surface area contributed by atoms with Gasteiger partial charge in [-0.2, -0.15) is 0 Å². The highest BCUT2D eigenvalue weighted by atomic mass is 35.5. The molecule has 1 rings (SSSR count). The number of esters is 1. The van der Waals surface area contributed by atoms with Gasteiger partial charge in [0.2, 0.25) is 0 Å². The molecule has 0 aliphatic heterocycles. The van der Waals surface area contributed by atoms with Crippen molar-refractivity contribution < 1.29 is 9.53 Å². The fourth-order valence-corrected chi connectivity index (χ4v) is 1.29. The predicted octanol–water partition coefficient (Wildman–Crippen LogP) is 2.62.